The van der Waals surface area contributed by atoms with Gasteiger partial charge in [0.15, 0.2) is 0 Å². The molecule has 0 saturated carbocycles. The van der Waals surface area contributed by atoms with Gasteiger partial charge in [-0.2, -0.15) is 0 Å². The van der Waals surface area contributed by atoms with Gasteiger partial charge in [0.05, 0.1) is 11.9 Å². The van der Waals surface area contributed by atoms with E-state index in [1.54, 1.807) is 0 Å². The Morgan fingerprint density at radius 3 is 2.37 bits per heavy atom. The molecule has 152 valence electrons. The molecule has 0 unspecified atom stereocenters. The first-order chi connectivity index (χ1) is 12.7. The van der Waals surface area contributed by atoms with Gasteiger partial charge in [-0.05, 0) is 69.8 Å². The Morgan fingerprint density at radius 2 is 1.81 bits per heavy atom. The number of nitrogens with zero attached hydrogens (tertiary/aromatic N) is 2. The van der Waals surface area contributed by atoms with Gasteiger partial charge in [0.1, 0.15) is 6.54 Å². The third-order valence-corrected chi connectivity index (χ3v) is 6.34. The molecule has 1 aliphatic heterocycles. The first kappa shape index (κ1) is 21.7. The van der Waals surface area contributed by atoms with Gasteiger partial charge in [-0.1, -0.05) is 25.1 Å². The van der Waals surface area contributed by atoms with Gasteiger partial charge in [0.25, 0.3) is 0 Å². The van der Waals surface area contributed by atoms with Gasteiger partial charge in [0, 0.05) is 6.54 Å². The molecule has 1 aromatic carbocycles. The molecule has 1 aliphatic rings. The zero-order valence-corrected chi connectivity index (χ0v) is 17.8. The number of aryl methyl sites for hydroxylation is 2. The maximum atomic E-state index is 12.4. The lowest BCUT2D eigenvalue weighted by Gasteiger charge is -2.30. The number of para-hydroxylation sites is 1. The quantitative estimate of drug-likeness (QED) is 0.686. The van der Waals surface area contributed by atoms with Crippen molar-refractivity contribution in [2.24, 2.45) is 5.92 Å². The molecular formula is C20H33N3O3S. The van der Waals surface area contributed by atoms with E-state index in [9.17, 15) is 13.2 Å². The van der Waals surface area contributed by atoms with Crippen LogP contribution in [0, 0.1) is 19.8 Å². The van der Waals surface area contributed by atoms with Crippen molar-refractivity contribution in [1.82, 2.24) is 10.2 Å². The van der Waals surface area contributed by atoms with Crippen molar-refractivity contribution < 1.29 is 13.2 Å². The number of rotatable bonds is 8. The molecule has 1 amide bonds. The van der Waals surface area contributed by atoms with Gasteiger partial charge in [-0.15, -0.1) is 0 Å². The lowest BCUT2D eigenvalue weighted by molar-refractivity contribution is -0.119. The van der Waals surface area contributed by atoms with Crippen LogP contribution in [-0.4, -0.2) is 58.2 Å². The van der Waals surface area contributed by atoms with Crippen LogP contribution in [0.15, 0.2) is 18.2 Å². The van der Waals surface area contributed by atoms with Gasteiger partial charge < -0.3 is 10.2 Å². The van der Waals surface area contributed by atoms with E-state index in [2.05, 4.69) is 17.1 Å². The van der Waals surface area contributed by atoms with Crippen molar-refractivity contribution in [2.75, 3.05) is 43.3 Å². The number of amides is 1. The van der Waals surface area contributed by atoms with E-state index >= 15 is 0 Å². The largest absolute Gasteiger partial charge is 0.354 e. The molecule has 1 aromatic rings. The van der Waals surface area contributed by atoms with Crippen molar-refractivity contribution in [3.63, 3.8) is 0 Å². The van der Waals surface area contributed by atoms with Gasteiger partial charge in [-0.3, -0.25) is 9.10 Å². The predicted molar refractivity (Wildman–Crippen MR) is 111 cm³/mol. The fourth-order valence-corrected chi connectivity index (χ4v) is 4.54. The maximum absolute atomic E-state index is 12.4. The number of carbonyl (C=O) groups excluding carboxylic acids is 1. The number of hydrogen-bond donors (Lipinski definition) is 1. The van der Waals surface area contributed by atoms with Crippen LogP contribution in [0.2, 0.25) is 0 Å². The average Bonchev–Trinajstić information content (AvgIpc) is 2.58. The van der Waals surface area contributed by atoms with Crippen LogP contribution in [0.4, 0.5) is 5.69 Å². The molecule has 1 heterocycles. The number of piperidine rings is 1. The average molecular weight is 396 g/mol. The molecule has 7 heteroatoms. The summed E-state index contributed by atoms with van der Waals surface area (Å²) in [6.45, 7) is 9.62. The summed E-state index contributed by atoms with van der Waals surface area (Å²) in [6, 6.07) is 5.60. The molecule has 1 fully saturated rings. The fourth-order valence-electron chi connectivity index (χ4n) is 3.56. The molecule has 0 bridgehead atoms. The standard InChI is InChI=1S/C20H33N3O3S/c1-16-9-13-22(14-10-16)12-6-11-21-19(24)15-23(27(4,25)26)20-17(2)7-5-8-18(20)3/h5,7-8,16H,6,9-15H2,1-4H3,(H,21,24). The monoisotopic (exact) mass is 395 g/mol. The third kappa shape index (κ3) is 6.50. The van der Waals surface area contributed by atoms with Gasteiger partial charge >= 0.3 is 0 Å². The Balaban J connectivity index is 1.88. The molecule has 1 N–H and O–H groups in total. The van der Waals surface area contributed by atoms with E-state index in [1.807, 2.05) is 32.0 Å². The molecule has 27 heavy (non-hydrogen) atoms. The highest BCUT2D eigenvalue weighted by molar-refractivity contribution is 7.92. The lowest BCUT2D eigenvalue weighted by atomic mass is 9.99. The van der Waals surface area contributed by atoms with Crippen molar-refractivity contribution in [3.8, 4) is 0 Å². The molecule has 0 aliphatic carbocycles. The van der Waals surface area contributed by atoms with Gasteiger partial charge in [-0.25, -0.2) is 8.42 Å². The molecule has 0 atom stereocenters. The fraction of sp³-hybridized carbons (Fsp3) is 0.650. The maximum Gasteiger partial charge on any atom is 0.240 e. The summed E-state index contributed by atoms with van der Waals surface area (Å²) < 4.78 is 25.8. The van der Waals surface area contributed by atoms with Crippen LogP contribution in [0.25, 0.3) is 0 Å². The number of nitrogens with one attached hydrogen (secondary N) is 1. The number of anilines is 1. The minimum absolute atomic E-state index is 0.189. The van der Waals surface area contributed by atoms with Crippen molar-refractivity contribution in [1.29, 1.82) is 0 Å². The van der Waals surface area contributed by atoms with E-state index in [0.29, 0.717) is 12.2 Å². The zero-order valence-electron chi connectivity index (χ0n) is 17.0. The summed E-state index contributed by atoms with van der Waals surface area (Å²) >= 11 is 0. The second-order valence-electron chi connectivity index (χ2n) is 7.74. The summed E-state index contributed by atoms with van der Waals surface area (Å²) in [5, 5.41) is 2.87. The Morgan fingerprint density at radius 1 is 1.22 bits per heavy atom. The third-order valence-electron chi connectivity index (χ3n) is 5.23. The minimum Gasteiger partial charge on any atom is -0.354 e. The molecular weight excluding hydrogens is 362 g/mol. The summed E-state index contributed by atoms with van der Waals surface area (Å²) in [5.74, 6) is 0.545. The lowest BCUT2D eigenvalue weighted by Crippen LogP contribution is -2.42. The highest BCUT2D eigenvalue weighted by atomic mass is 32.2. The molecule has 0 aromatic heterocycles. The van der Waals surface area contributed by atoms with Crippen LogP contribution in [-0.2, 0) is 14.8 Å². The summed E-state index contributed by atoms with van der Waals surface area (Å²) in [6.07, 6.45) is 4.50. The summed E-state index contributed by atoms with van der Waals surface area (Å²) in [5.41, 5.74) is 2.28. The Bertz CT molecular complexity index is 721. The number of benzene rings is 1. The predicted octanol–water partition coefficient (Wildman–Crippen LogP) is 2.31. The highest BCUT2D eigenvalue weighted by Crippen LogP contribution is 2.26. The number of likely N-dealkylation sites (tertiary alicyclic amines) is 1. The zero-order chi connectivity index (χ0) is 20.0. The van der Waals surface area contributed by atoms with Crippen molar-refractivity contribution in [2.45, 2.75) is 40.0 Å². The SMILES string of the molecule is Cc1cccc(C)c1N(CC(=O)NCCCN1CCC(C)CC1)S(C)(=O)=O. The van der Waals surface area contributed by atoms with Crippen LogP contribution >= 0.6 is 0 Å². The number of carbonyl (C=O) groups is 1. The second-order valence-corrected chi connectivity index (χ2v) is 9.64. The number of sulfonamides is 1. The Labute approximate surface area is 164 Å². The normalized spacial score (nSPS) is 16.3. The van der Waals surface area contributed by atoms with E-state index in [4.69, 9.17) is 0 Å². The molecule has 0 spiro atoms. The minimum atomic E-state index is -3.55. The van der Waals surface area contributed by atoms with Crippen molar-refractivity contribution in [3.05, 3.63) is 29.3 Å². The molecule has 6 nitrogen and oxygen atoms in total. The van der Waals surface area contributed by atoms with Crippen LogP contribution < -0.4 is 9.62 Å². The van der Waals surface area contributed by atoms with E-state index < -0.39 is 10.0 Å². The van der Waals surface area contributed by atoms with E-state index in [0.717, 1.165) is 49.4 Å². The van der Waals surface area contributed by atoms with Crippen LogP contribution in [0.5, 0.6) is 0 Å². The van der Waals surface area contributed by atoms with E-state index in [-0.39, 0.29) is 12.5 Å². The molecule has 2 rings (SSSR count). The summed E-state index contributed by atoms with van der Waals surface area (Å²) in [7, 11) is -3.55. The first-order valence-corrected chi connectivity index (χ1v) is 11.6. The second kappa shape index (κ2) is 9.55. The molecule has 0 radical (unpaired) electrons. The van der Waals surface area contributed by atoms with Crippen LogP contribution in [0.3, 0.4) is 0 Å². The van der Waals surface area contributed by atoms with Gasteiger partial charge in [0.2, 0.25) is 15.9 Å². The molecule has 1 saturated heterocycles. The smallest absolute Gasteiger partial charge is 0.240 e. The van der Waals surface area contributed by atoms with Crippen LogP contribution in [0.1, 0.15) is 37.3 Å². The summed E-state index contributed by atoms with van der Waals surface area (Å²) in [4.78, 5) is 14.8. The first-order valence-electron chi connectivity index (χ1n) is 9.71. The van der Waals surface area contributed by atoms with Crippen molar-refractivity contribution >= 4 is 21.6 Å². The number of hydrogen-bond acceptors (Lipinski definition) is 4. The highest BCUT2D eigenvalue weighted by Gasteiger charge is 2.23. The van der Waals surface area contributed by atoms with E-state index in [1.165, 1.54) is 17.1 Å². The topological polar surface area (TPSA) is 69.7 Å². The Kier molecular flexibility index (Phi) is 7.68. The Hall–Kier alpha value is -1.60.